The first-order valence-corrected chi connectivity index (χ1v) is 12.6. The molecule has 1 aliphatic heterocycles. The summed E-state index contributed by atoms with van der Waals surface area (Å²) >= 11 is 3.34. The van der Waals surface area contributed by atoms with Crippen LogP contribution in [-0.2, 0) is 24.5 Å². The Balaban J connectivity index is -0.000000459. The van der Waals surface area contributed by atoms with E-state index in [4.69, 9.17) is 0 Å². The number of aromatic hydroxyl groups is 1. The zero-order chi connectivity index (χ0) is 27.3. The first kappa shape index (κ1) is 36.4. The summed E-state index contributed by atoms with van der Waals surface area (Å²) in [6.45, 7) is 17.9. The highest BCUT2D eigenvalue weighted by Gasteiger charge is 2.44. The standard InChI is InChI=1S/C12H14BrNO2.C6H11NO3.C3H9N.2C2H6/c1-4-14-10-8(12(2,3)11(14)16)5-7(13)6-9(10)15;1-10-6(9)3-2-4-7-5-8;1-3-4-2;2*1-2/h5-6,15H,4H2,1-3H3;5H,2-4H2,1H3,(H,7,8);4H,3H2,1-2H3;2*1-2H3. The minimum absolute atomic E-state index is 0.0402. The summed E-state index contributed by atoms with van der Waals surface area (Å²) in [5.41, 5.74) is 0.971. The maximum absolute atomic E-state index is 12.2. The largest absolute Gasteiger partial charge is 0.506 e. The Morgan fingerprint density at radius 2 is 1.74 bits per heavy atom. The maximum atomic E-state index is 12.2. The molecule has 3 N–H and O–H groups in total. The van der Waals surface area contributed by atoms with E-state index in [2.05, 4.69) is 38.2 Å². The quantitative estimate of drug-likeness (QED) is 0.258. The zero-order valence-corrected chi connectivity index (χ0v) is 24.3. The van der Waals surface area contributed by atoms with E-state index in [1.54, 1.807) is 11.0 Å². The number of fused-ring (bicyclic) bond motifs is 1. The van der Waals surface area contributed by atoms with Crippen molar-refractivity contribution < 1.29 is 24.2 Å². The van der Waals surface area contributed by atoms with E-state index in [1.807, 2.05) is 61.6 Å². The van der Waals surface area contributed by atoms with Crippen molar-refractivity contribution >= 4 is 39.9 Å². The number of benzene rings is 1. The summed E-state index contributed by atoms with van der Waals surface area (Å²) in [6, 6.07) is 3.53. The van der Waals surface area contributed by atoms with Crippen LogP contribution in [0.2, 0.25) is 0 Å². The minimum Gasteiger partial charge on any atom is -0.506 e. The fourth-order valence-corrected chi connectivity index (χ4v) is 3.14. The molecule has 0 saturated heterocycles. The van der Waals surface area contributed by atoms with Crippen molar-refractivity contribution in [1.82, 2.24) is 10.6 Å². The molecule has 1 aromatic rings. The number of phenols is 1. The van der Waals surface area contributed by atoms with Crippen LogP contribution >= 0.6 is 15.9 Å². The van der Waals surface area contributed by atoms with Crippen LogP contribution in [0.25, 0.3) is 0 Å². The second kappa shape index (κ2) is 21.4. The number of nitrogens with one attached hydrogen (secondary N) is 2. The molecule has 2 rings (SSSR count). The number of nitrogens with zero attached hydrogens (tertiary/aromatic N) is 1. The number of anilines is 1. The molecule has 0 atom stereocenters. The molecule has 2 amide bonds. The fourth-order valence-electron chi connectivity index (χ4n) is 2.70. The summed E-state index contributed by atoms with van der Waals surface area (Å²) in [5, 5.41) is 15.3. The smallest absolute Gasteiger partial charge is 0.305 e. The lowest BCUT2D eigenvalue weighted by Gasteiger charge is -2.18. The van der Waals surface area contributed by atoms with Gasteiger partial charge in [-0.15, -0.1) is 0 Å². The Morgan fingerprint density at radius 3 is 2.15 bits per heavy atom. The highest BCUT2D eigenvalue weighted by molar-refractivity contribution is 9.10. The molecular weight excluding hydrogens is 502 g/mol. The van der Waals surface area contributed by atoms with Gasteiger partial charge in [-0.2, -0.15) is 0 Å². The minimum atomic E-state index is -0.563. The number of halogens is 1. The number of amides is 2. The van der Waals surface area contributed by atoms with Crippen molar-refractivity contribution in [1.29, 1.82) is 0 Å². The van der Waals surface area contributed by atoms with Gasteiger partial charge in [0.2, 0.25) is 12.3 Å². The Kier molecular flexibility index (Phi) is 22.9. The predicted molar refractivity (Wildman–Crippen MR) is 144 cm³/mol. The van der Waals surface area contributed by atoms with Crippen molar-refractivity contribution in [2.24, 2.45) is 0 Å². The number of likely N-dealkylation sites (N-methyl/N-ethyl adjacent to an activating group) is 1. The van der Waals surface area contributed by atoms with E-state index < -0.39 is 5.41 Å². The number of phenolic OH excluding ortho intramolecular Hbond substituents is 1. The molecule has 1 aromatic carbocycles. The number of carbonyl (C=O) groups is 3. The lowest BCUT2D eigenvalue weighted by molar-refractivity contribution is -0.140. The molecule has 8 nitrogen and oxygen atoms in total. The van der Waals surface area contributed by atoms with Gasteiger partial charge < -0.3 is 25.4 Å². The molecule has 0 aromatic heterocycles. The normalized spacial score (nSPS) is 12.1. The highest BCUT2D eigenvalue weighted by Crippen LogP contribution is 2.47. The molecule has 9 heteroatoms. The van der Waals surface area contributed by atoms with Gasteiger partial charge in [0, 0.05) is 24.0 Å². The fraction of sp³-hybridized carbons (Fsp3) is 0.640. The van der Waals surface area contributed by atoms with Crippen LogP contribution in [0.15, 0.2) is 16.6 Å². The van der Waals surface area contributed by atoms with Crippen molar-refractivity contribution in [3.63, 3.8) is 0 Å². The second-order valence-electron chi connectivity index (χ2n) is 6.95. The molecule has 0 saturated carbocycles. The Labute approximate surface area is 215 Å². The third kappa shape index (κ3) is 12.4. The second-order valence-corrected chi connectivity index (χ2v) is 7.87. The van der Waals surface area contributed by atoms with Gasteiger partial charge >= 0.3 is 5.97 Å². The van der Waals surface area contributed by atoms with Crippen LogP contribution in [0.5, 0.6) is 5.75 Å². The maximum Gasteiger partial charge on any atom is 0.305 e. The summed E-state index contributed by atoms with van der Waals surface area (Å²) < 4.78 is 5.17. The lowest BCUT2D eigenvalue weighted by atomic mass is 9.86. The summed E-state index contributed by atoms with van der Waals surface area (Å²) in [7, 11) is 3.27. The summed E-state index contributed by atoms with van der Waals surface area (Å²) in [6.07, 6.45) is 1.60. The van der Waals surface area contributed by atoms with Gasteiger partial charge in [0.05, 0.1) is 18.2 Å². The van der Waals surface area contributed by atoms with Crippen molar-refractivity contribution in [3.05, 3.63) is 22.2 Å². The Hall–Kier alpha value is -2.13. The van der Waals surface area contributed by atoms with E-state index >= 15 is 0 Å². The predicted octanol–water partition coefficient (Wildman–Crippen LogP) is 4.76. The van der Waals surface area contributed by atoms with Crippen LogP contribution in [0.3, 0.4) is 0 Å². The SMILES string of the molecule is CC.CC.CCN1C(=O)C(C)(C)c2cc(Br)cc(O)c21.CCNC.COC(=O)CCCNC=O. The third-order valence-electron chi connectivity index (χ3n) is 4.46. The van der Waals surface area contributed by atoms with Gasteiger partial charge in [0.1, 0.15) is 5.75 Å². The van der Waals surface area contributed by atoms with E-state index in [1.165, 1.54) is 7.11 Å². The van der Waals surface area contributed by atoms with Gasteiger partial charge in [-0.05, 0) is 58.5 Å². The zero-order valence-electron chi connectivity index (χ0n) is 22.7. The molecule has 0 bridgehead atoms. The third-order valence-corrected chi connectivity index (χ3v) is 4.92. The highest BCUT2D eigenvalue weighted by atomic mass is 79.9. The van der Waals surface area contributed by atoms with E-state index in [0.717, 1.165) is 16.6 Å². The molecule has 0 fully saturated rings. The summed E-state index contributed by atoms with van der Waals surface area (Å²) in [5.74, 6) is -0.0451. The molecule has 34 heavy (non-hydrogen) atoms. The molecule has 0 aliphatic carbocycles. The van der Waals surface area contributed by atoms with Crippen LogP contribution in [0.4, 0.5) is 5.69 Å². The number of rotatable bonds is 7. The molecule has 0 spiro atoms. The van der Waals surface area contributed by atoms with Crippen molar-refractivity contribution in [2.45, 2.75) is 73.6 Å². The number of methoxy groups -OCH3 is 1. The van der Waals surface area contributed by atoms with Gasteiger partial charge in [0.25, 0.3) is 0 Å². The van der Waals surface area contributed by atoms with E-state index in [-0.39, 0.29) is 17.6 Å². The van der Waals surface area contributed by atoms with Crippen LogP contribution in [-0.4, -0.2) is 57.2 Å². The molecule has 0 radical (unpaired) electrons. The number of carbonyl (C=O) groups excluding carboxylic acids is 3. The van der Waals surface area contributed by atoms with Crippen LogP contribution in [0.1, 0.15) is 73.8 Å². The monoisotopic (exact) mass is 547 g/mol. The van der Waals surface area contributed by atoms with E-state index in [9.17, 15) is 19.5 Å². The number of hydrogen-bond donors (Lipinski definition) is 3. The molecule has 198 valence electrons. The molecular formula is C25H46BrN3O5. The van der Waals surface area contributed by atoms with Crippen LogP contribution in [0, 0.1) is 0 Å². The average Bonchev–Trinajstić information content (AvgIpc) is 3.05. The Morgan fingerprint density at radius 1 is 1.21 bits per heavy atom. The molecule has 1 heterocycles. The molecule has 1 aliphatic rings. The van der Waals surface area contributed by atoms with Gasteiger partial charge in [-0.1, -0.05) is 50.5 Å². The summed E-state index contributed by atoms with van der Waals surface area (Å²) in [4.78, 5) is 33.9. The van der Waals surface area contributed by atoms with Gasteiger partial charge in [0.15, 0.2) is 0 Å². The van der Waals surface area contributed by atoms with Crippen LogP contribution < -0.4 is 15.5 Å². The van der Waals surface area contributed by atoms with Gasteiger partial charge in [-0.3, -0.25) is 14.4 Å². The lowest BCUT2D eigenvalue weighted by Crippen LogP contribution is -2.35. The van der Waals surface area contributed by atoms with E-state index in [0.29, 0.717) is 38.0 Å². The number of hydrogen-bond acceptors (Lipinski definition) is 6. The Bertz CT molecular complexity index is 710. The average molecular weight is 549 g/mol. The topological polar surface area (TPSA) is 108 Å². The first-order chi connectivity index (χ1) is 16.1. The van der Waals surface area contributed by atoms with Crippen molar-refractivity contribution in [3.8, 4) is 5.75 Å². The molecule has 0 unspecified atom stereocenters. The number of esters is 1. The van der Waals surface area contributed by atoms with Gasteiger partial charge in [-0.25, -0.2) is 0 Å². The number of ether oxygens (including phenoxy) is 1. The first-order valence-electron chi connectivity index (χ1n) is 11.9. The van der Waals surface area contributed by atoms with Crippen molar-refractivity contribution in [2.75, 3.05) is 38.7 Å².